The molecular formula is C16H29N7O. The Morgan fingerprint density at radius 2 is 2.21 bits per heavy atom. The van der Waals surface area contributed by atoms with E-state index in [4.69, 9.17) is 0 Å². The molecule has 0 spiro atoms. The smallest absolute Gasteiger partial charge is 0.227 e. The third kappa shape index (κ3) is 4.46. The minimum absolute atomic E-state index is 0.0116. The van der Waals surface area contributed by atoms with Gasteiger partial charge in [0.25, 0.3) is 0 Å². The van der Waals surface area contributed by atoms with E-state index in [1.54, 1.807) is 7.05 Å². The number of aromatic nitrogens is 3. The largest absolute Gasteiger partial charge is 0.359 e. The van der Waals surface area contributed by atoms with Gasteiger partial charge in [-0.15, -0.1) is 0 Å². The number of hydrogen-bond donors (Lipinski definition) is 3. The Bertz CT molecular complexity index is 606. The second-order valence-electron chi connectivity index (χ2n) is 6.80. The zero-order valence-electron chi connectivity index (χ0n) is 15.3. The third-order valence-corrected chi connectivity index (χ3v) is 4.12. The topological polar surface area (TPSA) is 96.2 Å². The number of guanidine groups is 1. The van der Waals surface area contributed by atoms with Crippen molar-refractivity contribution in [3.05, 3.63) is 11.6 Å². The number of aryl methyl sites for hydroxylation is 2. The summed E-state index contributed by atoms with van der Waals surface area (Å²) in [6.45, 7) is 9.70. The molecule has 1 aliphatic heterocycles. The summed E-state index contributed by atoms with van der Waals surface area (Å²) in [6, 6.07) is 0.250. The summed E-state index contributed by atoms with van der Waals surface area (Å²) in [4.78, 5) is 20.9. The van der Waals surface area contributed by atoms with Crippen molar-refractivity contribution in [3.8, 4) is 0 Å². The van der Waals surface area contributed by atoms with Crippen LogP contribution in [0.5, 0.6) is 0 Å². The van der Waals surface area contributed by atoms with Crippen LogP contribution in [0.2, 0.25) is 0 Å². The van der Waals surface area contributed by atoms with Gasteiger partial charge in [0.1, 0.15) is 11.6 Å². The predicted molar refractivity (Wildman–Crippen MR) is 93.8 cm³/mol. The highest BCUT2D eigenvalue weighted by Crippen LogP contribution is 2.16. The molecule has 1 amide bonds. The first-order valence-corrected chi connectivity index (χ1v) is 8.53. The SMILES string of the molecule is CCNC(=NCC(C)(C)C(=O)NC)NC1CCc2nc(C)nn2C1. The molecule has 0 radical (unpaired) electrons. The highest BCUT2D eigenvalue weighted by atomic mass is 16.2. The molecular weight excluding hydrogens is 306 g/mol. The molecule has 2 heterocycles. The first-order chi connectivity index (χ1) is 11.4. The van der Waals surface area contributed by atoms with E-state index < -0.39 is 5.41 Å². The van der Waals surface area contributed by atoms with Crippen LogP contribution in [0.15, 0.2) is 4.99 Å². The monoisotopic (exact) mass is 335 g/mol. The van der Waals surface area contributed by atoms with E-state index in [0.717, 1.165) is 43.5 Å². The number of nitrogens with one attached hydrogen (secondary N) is 3. The number of nitrogens with zero attached hydrogens (tertiary/aromatic N) is 4. The number of carbonyl (C=O) groups is 1. The van der Waals surface area contributed by atoms with Gasteiger partial charge in [-0.25, -0.2) is 9.67 Å². The van der Waals surface area contributed by atoms with E-state index in [-0.39, 0.29) is 11.9 Å². The summed E-state index contributed by atoms with van der Waals surface area (Å²) in [5, 5.41) is 13.8. The molecule has 0 bridgehead atoms. The summed E-state index contributed by atoms with van der Waals surface area (Å²) in [7, 11) is 1.65. The van der Waals surface area contributed by atoms with Gasteiger partial charge in [0.15, 0.2) is 5.96 Å². The van der Waals surface area contributed by atoms with Gasteiger partial charge in [-0.3, -0.25) is 9.79 Å². The van der Waals surface area contributed by atoms with Crippen molar-refractivity contribution in [3.63, 3.8) is 0 Å². The van der Waals surface area contributed by atoms with Crippen LogP contribution in [0.1, 0.15) is 38.8 Å². The fourth-order valence-electron chi connectivity index (χ4n) is 2.75. The second kappa shape index (κ2) is 7.63. The van der Waals surface area contributed by atoms with Gasteiger partial charge in [-0.05, 0) is 34.1 Å². The van der Waals surface area contributed by atoms with Crippen LogP contribution in [-0.4, -0.2) is 52.8 Å². The van der Waals surface area contributed by atoms with Gasteiger partial charge < -0.3 is 16.0 Å². The molecule has 1 atom stereocenters. The van der Waals surface area contributed by atoms with E-state index in [2.05, 4.69) is 31.0 Å². The molecule has 0 aliphatic carbocycles. The molecule has 3 N–H and O–H groups in total. The minimum Gasteiger partial charge on any atom is -0.359 e. The van der Waals surface area contributed by atoms with Crippen molar-refractivity contribution in [2.24, 2.45) is 10.4 Å². The number of hydrogen-bond acceptors (Lipinski definition) is 4. The Labute approximate surface area is 143 Å². The Kier molecular flexibility index (Phi) is 5.80. The minimum atomic E-state index is -0.542. The molecule has 0 saturated heterocycles. The molecule has 8 heteroatoms. The fourth-order valence-corrected chi connectivity index (χ4v) is 2.75. The van der Waals surface area contributed by atoms with Crippen LogP contribution in [0.25, 0.3) is 0 Å². The van der Waals surface area contributed by atoms with E-state index in [9.17, 15) is 4.79 Å². The van der Waals surface area contributed by atoms with Crippen LogP contribution in [0.3, 0.4) is 0 Å². The summed E-state index contributed by atoms with van der Waals surface area (Å²) in [6.07, 6.45) is 1.89. The van der Waals surface area contributed by atoms with Crippen molar-refractivity contribution >= 4 is 11.9 Å². The van der Waals surface area contributed by atoms with Gasteiger partial charge in [0.2, 0.25) is 5.91 Å². The van der Waals surface area contributed by atoms with E-state index >= 15 is 0 Å². The maximum atomic E-state index is 11.9. The maximum absolute atomic E-state index is 11.9. The summed E-state index contributed by atoms with van der Waals surface area (Å²) in [5.74, 6) is 2.59. The second-order valence-corrected chi connectivity index (χ2v) is 6.80. The number of amides is 1. The van der Waals surface area contributed by atoms with E-state index in [1.165, 1.54) is 0 Å². The first-order valence-electron chi connectivity index (χ1n) is 8.53. The van der Waals surface area contributed by atoms with Gasteiger partial charge in [0.05, 0.1) is 18.5 Å². The molecule has 0 aromatic carbocycles. The third-order valence-electron chi connectivity index (χ3n) is 4.12. The van der Waals surface area contributed by atoms with Crippen LogP contribution in [-0.2, 0) is 17.8 Å². The van der Waals surface area contributed by atoms with Gasteiger partial charge in [0, 0.05) is 26.1 Å². The predicted octanol–water partition coefficient (Wildman–Crippen LogP) is 0.229. The standard InChI is InChI=1S/C16H29N7O/c1-6-18-15(19-10-16(3,4)14(24)17-5)21-12-7-8-13-20-11(2)22-23(13)9-12/h12H,6-10H2,1-5H3,(H,17,24)(H2,18,19,21). The van der Waals surface area contributed by atoms with Crippen molar-refractivity contribution in [2.75, 3.05) is 20.1 Å². The highest BCUT2D eigenvalue weighted by molar-refractivity contribution is 5.83. The van der Waals surface area contributed by atoms with Gasteiger partial charge in [-0.2, -0.15) is 5.10 Å². The van der Waals surface area contributed by atoms with Crippen LogP contribution >= 0.6 is 0 Å². The number of fused-ring (bicyclic) bond motifs is 1. The van der Waals surface area contributed by atoms with E-state index in [1.807, 2.05) is 32.4 Å². The molecule has 24 heavy (non-hydrogen) atoms. The Morgan fingerprint density at radius 3 is 2.88 bits per heavy atom. The molecule has 1 aromatic rings. The summed E-state index contributed by atoms with van der Waals surface area (Å²) < 4.78 is 1.97. The number of aliphatic imine (C=N–C) groups is 1. The van der Waals surface area contributed by atoms with Crippen molar-refractivity contribution in [1.82, 2.24) is 30.7 Å². The molecule has 8 nitrogen and oxygen atoms in total. The summed E-state index contributed by atoms with van der Waals surface area (Å²) >= 11 is 0. The lowest BCUT2D eigenvalue weighted by molar-refractivity contribution is -0.128. The normalized spacial score (nSPS) is 18.0. The maximum Gasteiger partial charge on any atom is 0.227 e. The lowest BCUT2D eigenvalue weighted by Crippen LogP contribution is -2.48. The van der Waals surface area contributed by atoms with Crippen molar-refractivity contribution in [2.45, 2.75) is 53.1 Å². The zero-order valence-corrected chi connectivity index (χ0v) is 15.3. The molecule has 1 aliphatic rings. The van der Waals surface area contributed by atoms with Gasteiger partial charge >= 0.3 is 0 Å². The Morgan fingerprint density at radius 1 is 1.46 bits per heavy atom. The summed E-state index contributed by atoms with van der Waals surface area (Å²) in [5.41, 5.74) is -0.542. The molecule has 1 aromatic heterocycles. The highest BCUT2D eigenvalue weighted by Gasteiger charge is 2.27. The Hall–Kier alpha value is -2.12. The van der Waals surface area contributed by atoms with Gasteiger partial charge in [-0.1, -0.05) is 0 Å². The fraction of sp³-hybridized carbons (Fsp3) is 0.750. The lowest BCUT2D eigenvalue weighted by atomic mass is 9.93. The quantitative estimate of drug-likeness (QED) is 0.529. The van der Waals surface area contributed by atoms with Crippen LogP contribution < -0.4 is 16.0 Å². The molecule has 0 saturated carbocycles. The molecule has 0 fully saturated rings. The molecule has 2 rings (SSSR count). The van der Waals surface area contributed by atoms with Crippen LogP contribution in [0, 0.1) is 12.3 Å². The lowest BCUT2D eigenvalue weighted by Gasteiger charge is -2.26. The Balaban J connectivity index is 2.01. The zero-order chi connectivity index (χ0) is 17.7. The number of carbonyl (C=O) groups excluding carboxylic acids is 1. The van der Waals surface area contributed by atoms with Crippen molar-refractivity contribution in [1.29, 1.82) is 0 Å². The molecule has 134 valence electrons. The average Bonchev–Trinajstić information content (AvgIpc) is 2.91. The van der Waals surface area contributed by atoms with Crippen molar-refractivity contribution < 1.29 is 4.79 Å². The average molecular weight is 335 g/mol. The number of rotatable bonds is 5. The van der Waals surface area contributed by atoms with Crippen LogP contribution in [0.4, 0.5) is 0 Å². The van der Waals surface area contributed by atoms with E-state index in [0.29, 0.717) is 6.54 Å². The first kappa shape index (κ1) is 18.2. The molecule has 1 unspecified atom stereocenters.